The van der Waals surface area contributed by atoms with E-state index in [0.29, 0.717) is 6.54 Å². The number of likely N-dealkylation sites (tertiary alicyclic amines) is 1. The quantitative estimate of drug-likeness (QED) is 0.868. The molecule has 4 nitrogen and oxygen atoms in total. The molecule has 122 valence electrons. The molecule has 1 saturated heterocycles. The van der Waals surface area contributed by atoms with Crippen LogP contribution in [0.4, 0.5) is 4.39 Å². The molecular weight excluding hydrogens is 293 g/mol. The van der Waals surface area contributed by atoms with Crippen LogP contribution in [0.1, 0.15) is 43.6 Å². The number of hydrogen-bond donors (Lipinski definition) is 0. The van der Waals surface area contributed by atoms with Crippen LogP contribution in [-0.4, -0.2) is 26.9 Å². The minimum Gasteiger partial charge on any atom is -0.334 e. The van der Waals surface area contributed by atoms with Crippen LogP contribution in [0.5, 0.6) is 0 Å². The van der Waals surface area contributed by atoms with Crippen LogP contribution in [0.2, 0.25) is 0 Å². The van der Waals surface area contributed by atoms with Gasteiger partial charge in [0.15, 0.2) is 0 Å². The number of aryl methyl sites for hydroxylation is 1. The molecule has 1 fully saturated rings. The van der Waals surface area contributed by atoms with Gasteiger partial charge in [-0.25, -0.2) is 9.37 Å². The maximum absolute atomic E-state index is 13.5. The fourth-order valence-electron chi connectivity index (χ4n) is 3.33. The molecule has 0 bridgehead atoms. The third-order valence-corrected chi connectivity index (χ3v) is 4.48. The van der Waals surface area contributed by atoms with Crippen molar-refractivity contribution in [3.8, 4) is 0 Å². The van der Waals surface area contributed by atoms with Gasteiger partial charge in [-0.05, 0) is 37.0 Å². The zero-order valence-corrected chi connectivity index (χ0v) is 13.4. The van der Waals surface area contributed by atoms with Crippen LogP contribution in [0.15, 0.2) is 36.7 Å². The minimum absolute atomic E-state index is 0.0273. The van der Waals surface area contributed by atoms with Gasteiger partial charge in [-0.2, -0.15) is 0 Å². The van der Waals surface area contributed by atoms with E-state index in [1.165, 1.54) is 6.07 Å². The Kier molecular flexibility index (Phi) is 4.74. The Morgan fingerprint density at radius 2 is 2.26 bits per heavy atom. The van der Waals surface area contributed by atoms with Crippen molar-refractivity contribution in [1.29, 1.82) is 0 Å². The van der Waals surface area contributed by atoms with Gasteiger partial charge in [0.2, 0.25) is 5.91 Å². The molecule has 0 aliphatic carbocycles. The van der Waals surface area contributed by atoms with E-state index in [9.17, 15) is 9.18 Å². The van der Waals surface area contributed by atoms with Crippen LogP contribution >= 0.6 is 0 Å². The lowest BCUT2D eigenvalue weighted by molar-refractivity contribution is -0.135. The van der Waals surface area contributed by atoms with Crippen LogP contribution in [0, 0.1) is 5.82 Å². The first-order chi connectivity index (χ1) is 11.2. The summed E-state index contributed by atoms with van der Waals surface area (Å²) < 4.78 is 15.4. The molecule has 1 aromatic heterocycles. The molecule has 1 atom stereocenters. The van der Waals surface area contributed by atoms with Gasteiger partial charge in [-0.3, -0.25) is 4.79 Å². The first-order valence-corrected chi connectivity index (χ1v) is 8.24. The second-order valence-corrected chi connectivity index (χ2v) is 5.98. The van der Waals surface area contributed by atoms with Gasteiger partial charge in [0.05, 0.1) is 6.04 Å². The molecule has 1 unspecified atom stereocenters. The highest BCUT2D eigenvalue weighted by Gasteiger charge is 2.28. The second-order valence-electron chi connectivity index (χ2n) is 5.98. The first-order valence-electron chi connectivity index (χ1n) is 8.24. The number of carbonyl (C=O) groups excluding carboxylic acids is 1. The van der Waals surface area contributed by atoms with Crippen molar-refractivity contribution in [2.75, 3.05) is 6.54 Å². The molecule has 1 aliphatic rings. The maximum Gasteiger partial charge on any atom is 0.243 e. The fourth-order valence-corrected chi connectivity index (χ4v) is 3.33. The Morgan fingerprint density at radius 3 is 3.04 bits per heavy atom. The third kappa shape index (κ3) is 3.44. The number of rotatable bonds is 4. The summed E-state index contributed by atoms with van der Waals surface area (Å²) in [6.07, 6.45) is 7.33. The van der Waals surface area contributed by atoms with Crippen molar-refractivity contribution < 1.29 is 9.18 Å². The van der Waals surface area contributed by atoms with Gasteiger partial charge in [0.1, 0.15) is 18.2 Å². The van der Waals surface area contributed by atoms with E-state index < -0.39 is 0 Å². The summed E-state index contributed by atoms with van der Waals surface area (Å²) in [4.78, 5) is 19.0. The second kappa shape index (κ2) is 6.94. The number of halogens is 1. The Balaban J connectivity index is 1.79. The van der Waals surface area contributed by atoms with E-state index >= 15 is 0 Å². The maximum atomic E-state index is 13.5. The smallest absolute Gasteiger partial charge is 0.243 e. The zero-order chi connectivity index (χ0) is 16.2. The van der Waals surface area contributed by atoms with Crippen molar-refractivity contribution >= 4 is 5.91 Å². The molecule has 1 aliphatic heterocycles. The van der Waals surface area contributed by atoms with Crippen LogP contribution in [0.25, 0.3) is 0 Å². The van der Waals surface area contributed by atoms with E-state index in [2.05, 4.69) is 4.98 Å². The van der Waals surface area contributed by atoms with Crippen LogP contribution in [-0.2, 0) is 17.8 Å². The highest BCUT2D eigenvalue weighted by Crippen LogP contribution is 2.31. The molecule has 1 aromatic carbocycles. The molecule has 3 rings (SSSR count). The molecule has 5 heteroatoms. The minimum atomic E-state index is -0.247. The summed E-state index contributed by atoms with van der Waals surface area (Å²) in [5.74, 6) is 0.743. The predicted molar refractivity (Wildman–Crippen MR) is 86.3 cm³/mol. The standard InChI is InChI=1S/C18H22FN3O/c1-2-17-20-9-11-21(17)13-18(23)22-10-4-3-8-16(22)14-6-5-7-15(19)12-14/h5-7,9,11-12,16H,2-4,8,10,13H2,1H3. The van der Waals surface area contributed by atoms with Gasteiger partial charge in [-0.1, -0.05) is 19.1 Å². The summed E-state index contributed by atoms with van der Waals surface area (Å²) >= 11 is 0. The average molecular weight is 315 g/mol. The lowest BCUT2D eigenvalue weighted by atomic mass is 9.95. The lowest BCUT2D eigenvalue weighted by Crippen LogP contribution is -2.40. The summed E-state index contributed by atoms with van der Waals surface area (Å²) in [5.41, 5.74) is 0.888. The van der Waals surface area contributed by atoms with Crippen molar-refractivity contribution in [2.45, 2.75) is 45.2 Å². The molecule has 0 N–H and O–H groups in total. The van der Waals surface area contributed by atoms with Gasteiger partial charge < -0.3 is 9.47 Å². The van der Waals surface area contributed by atoms with E-state index in [1.54, 1.807) is 18.3 Å². The van der Waals surface area contributed by atoms with Crippen molar-refractivity contribution in [2.24, 2.45) is 0 Å². The Bertz CT molecular complexity index is 682. The fraction of sp³-hybridized carbons (Fsp3) is 0.444. The summed E-state index contributed by atoms with van der Waals surface area (Å²) in [6.45, 7) is 3.06. The number of amides is 1. The van der Waals surface area contributed by atoms with Crippen molar-refractivity contribution in [1.82, 2.24) is 14.5 Å². The largest absolute Gasteiger partial charge is 0.334 e. The molecule has 1 amide bonds. The number of carbonyl (C=O) groups is 1. The summed E-state index contributed by atoms with van der Waals surface area (Å²) in [6, 6.07) is 6.59. The SMILES string of the molecule is CCc1nccn1CC(=O)N1CCCCC1c1cccc(F)c1. The predicted octanol–water partition coefficient (Wildman–Crippen LogP) is 3.34. The first kappa shape index (κ1) is 15.7. The van der Waals surface area contributed by atoms with E-state index in [0.717, 1.165) is 43.6 Å². The van der Waals surface area contributed by atoms with Crippen molar-refractivity contribution in [3.05, 3.63) is 53.9 Å². The topological polar surface area (TPSA) is 38.1 Å². The Labute approximate surface area is 135 Å². The molecular formula is C18H22FN3O. The number of nitrogens with zero attached hydrogens (tertiary/aromatic N) is 3. The number of aromatic nitrogens is 2. The molecule has 0 spiro atoms. The highest BCUT2D eigenvalue weighted by atomic mass is 19.1. The van der Waals surface area contributed by atoms with Crippen LogP contribution in [0.3, 0.4) is 0 Å². The molecule has 0 radical (unpaired) electrons. The number of hydrogen-bond acceptors (Lipinski definition) is 2. The number of benzene rings is 1. The Morgan fingerprint density at radius 1 is 1.39 bits per heavy atom. The van der Waals surface area contributed by atoms with Crippen molar-refractivity contribution in [3.63, 3.8) is 0 Å². The highest BCUT2D eigenvalue weighted by molar-refractivity contribution is 5.76. The number of imidazole rings is 1. The molecule has 2 heterocycles. The van der Waals surface area contributed by atoms with Gasteiger partial charge in [0.25, 0.3) is 0 Å². The van der Waals surface area contributed by atoms with E-state index in [4.69, 9.17) is 0 Å². The summed E-state index contributed by atoms with van der Waals surface area (Å²) in [7, 11) is 0. The van der Waals surface area contributed by atoms with Gasteiger partial charge >= 0.3 is 0 Å². The van der Waals surface area contributed by atoms with E-state index in [1.807, 2.05) is 28.7 Å². The lowest BCUT2D eigenvalue weighted by Gasteiger charge is -2.36. The molecule has 0 saturated carbocycles. The number of piperidine rings is 1. The Hall–Kier alpha value is -2.17. The third-order valence-electron chi connectivity index (χ3n) is 4.48. The van der Waals surface area contributed by atoms with Gasteiger partial charge in [0, 0.05) is 25.4 Å². The average Bonchev–Trinajstić information content (AvgIpc) is 3.02. The van der Waals surface area contributed by atoms with Crippen LogP contribution < -0.4 is 0 Å². The normalized spacial score (nSPS) is 18.2. The van der Waals surface area contributed by atoms with E-state index in [-0.39, 0.29) is 17.8 Å². The zero-order valence-electron chi connectivity index (χ0n) is 13.4. The monoisotopic (exact) mass is 315 g/mol. The van der Waals surface area contributed by atoms with Gasteiger partial charge in [-0.15, -0.1) is 0 Å². The molecule has 23 heavy (non-hydrogen) atoms. The summed E-state index contributed by atoms with van der Waals surface area (Å²) in [5, 5.41) is 0. The molecule has 2 aromatic rings.